The molecular weight excluding hydrogens is 495 g/mol. The first-order valence-electron chi connectivity index (χ1n) is 13.4. The number of rotatable bonds is 10. The van der Waals surface area contributed by atoms with Crippen LogP contribution in [-0.2, 0) is 30.7 Å². The van der Waals surface area contributed by atoms with Crippen molar-refractivity contribution in [2.45, 2.75) is 32.4 Å². The van der Waals surface area contributed by atoms with E-state index in [0.717, 1.165) is 88.8 Å². The Labute approximate surface area is 229 Å². The minimum Gasteiger partial charge on any atom is -0.496 e. The predicted molar refractivity (Wildman–Crippen MR) is 154 cm³/mol. The number of nitrogens with two attached hydrogens (primary N) is 1. The Balaban J connectivity index is 1.34. The normalized spacial score (nSPS) is 13.2. The Morgan fingerprint density at radius 3 is 2.74 bits per heavy atom. The van der Waals surface area contributed by atoms with Crippen molar-refractivity contribution in [2.75, 3.05) is 58.6 Å². The van der Waals surface area contributed by atoms with Crippen LogP contribution in [0.3, 0.4) is 0 Å². The molecule has 3 heterocycles. The first-order valence-corrected chi connectivity index (χ1v) is 13.4. The first kappa shape index (κ1) is 26.9. The zero-order valence-electron chi connectivity index (χ0n) is 23.2. The summed E-state index contributed by atoms with van der Waals surface area (Å²) in [5.74, 6) is 1.32. The quantitative estimate of drug-likeness (QED) is 0.301. The molecule has 0 amide bonds. The fourth-order valence-electron chi connectivity index (χ4n) is 5.31. The Morgan fingerprint density at radius 1 is 1.10 bits per heavy atom. The van der Waals surface area contributed by atoms with E-state index in [1.165, 1.54) is 6.07 Å². The topological polar surface area (TPSA) is 81.7 Å². The van der Waals surface area contributed by atoms with Crippen LogP contribution in [0.4, 0.5) is 15.8 Å². The number of hydrogen-bond donors (Lipinski definition) is 1. The minimum atomic E-state index is -0.259. The lowest BCUT2D eigenvalue weighted by Gasteiger charge is -2.24. The Hall–Kier alpha value is -3.69. The van der Waals surface area contributed by atoms with Gasteiger partial charge in [-0.3, -0.25) is 0 Å². The molecule has 0 fully saturated rings. The molecule has 2 aromatic heterocycles. The number of fused-ring (bicyclic) bond motifs is 3. The van der Waals surface area contributed by atoms with Gasteiger partial charge < -0.3 is 29.6 Å². The van der Waals surface area contributed by atoms with Crippen LogP contribution in [-0.4, -0.2) is 67.4 Å². The lowest BCUT2D eigenvalue weighted by Crippen LogP contribution is -2.29. The third-order valence-electron chi connectivity index (χ3n) is 7.36. The fraction of sp³-hybridized carbons (Fsp3) is 0.400. The van der Waals surface area contributed by atoms with Crippen molar-refractivity contribution in [1.82, 2.24) is 19.4 Å². The van der Waals surface area contributed by atoms with Crippen LogP contribution in [0.15, 0.2) is 42.6 Å². The molecule has 0 unspecified atom stereocenters. The summed E-state index contributed by atoms with van der Waals surface area (Å²) < 4.78 is 27.9. The van der Waals surface area contributed by atoms with E-state index in [9.17, 15) is 4.39 Å². The molecule has 39 heavy (non-hydrogen) atoms. The molecule has 0 aliphatic carbocycles. The number of anilines is 2. The van der Waals surface area contributed by atoms with Crippen LogP contribution in [0, 0.1) is 5.82 Å². The maximum atomic E-state index is 14.2. The van der Waals surface area contributed by atoms with Crippen molar-refractivity contribution in [3.05, 3.63) is 65.5 Å². The number of halogens is 1. The van der Waals surface area contributed by atoms with Crippen LogP contribution in [0.5, 0.6) is 5.75 Å². The lowest BCUT2D eigenvalue weighted by atomic mass is 10.0. The molecule has 206 valence electrons. The molecule has 1 aliphatic heterocycles. The molecule has 5 rings (SSSR count). The maximum Gasteiger partial charge on any atom is 0.128 e. The molecule has 1 aliphatic rings. The summed E-state index contributed by atoms with van der Waals surface area (Å²) in [6, 6.07) is 10.9. The van der Waals surface area contributed by atoms with Gasteiger partial charge in [0.05, 0.1) is 43.1 Å². The number of methoxy groups -OCH3 is 1. The van der Waals surface area contributed by atoms with E-state index in [4.69, 9.17) is 20.2 Å². The molecule has 9 heteroatoms. The molecule has 8 nitrogen and oxygen atoms in total. The van der Waals surface area contributed by atoms with Crippen LogP contribution < -0.4 is 15.4 Å². The van der Waals surface area contributed by atoms with Crippen molar-refractivity contribution in [3.63, 3.8) is 0 Å². The third-order valence-corrected chi connectivity index (χ3v) is 7.36. The second kappa shape index (κ2) is 11.6. The summed E-state index contributed by atoms with van der Waals surface area (Å²) in [7, 11) is 7.86. The average molecular weight is 533 g/mol. The van der Waals surface area contributed by atoms with Gasteiger partial charge in [0.25, 0.3) is 0 Å². The van der Waals surface area contributed by atoms with Crippen LogP contribution in [0.25, 0.3) is 22.2 Å². The van der Waals surface area contributed by atoms with Crippen molar-refractivity contribution in [2.24, 2.45) is 0 Å². The van der Waals surface area contributed by atoms with E-state index in [0.29, 0.717) is 19.6 Å². The van der Waals surface area contributed by atoms with Gasteiger partial charge in [-0.15, -0.1) is 0 Å². The highest BCUT2D eigenvalue weighted by molar-refractivity contribution is 5.97. The van der Waals surface area contributed by atoms with Gasteiger partial charge in [0.2, 0.25) is 0 Å². The summed E-state index contributed by atoms with van der Waals surface area (Å²) in [4.78, 5) is 13.7. The summed E-state index contributed by atoms with van der Waals surface area (Å²) in [5, 5.41) is 0.857. The highest BCUT2D eigenvalue weighted by Gasteiger charge is 2.23. The molecular formula is C30H37FN6O2. The molecule has 0 radical (unpaired) electrons. The second-order valence-corrected chi connectivity index (χ2v) is 10.3. The second-order valence-electron chi connectivity index (χ2n) is 10.3. The summed E-state index contributed by atoms with van der Waals surface area (Å²) >= 11 is 0. The van der Waals surface area contributed by atoms with Crippen LogP contribution >= 0.6 is 0 Å². The standard InChI is InChI=1S/C30H37FN6O2/c1-35(2)12-13-36(3)26-18-28(38-4)20(16-23(26)32)6-5-7-29-33-11-10-24(34-29)30-22-17-21(31)8-9-25(22)37-14-15-39-19-27(30)37/h8-11,16-18H,5-7,12-15,19,32H2,1-4H3. The molecule has 2 aromatic carbocycles. The molecule has 0 saturated carbocycles. The number of ether oxygens (including phenoxy) is 2. The number of aryl methyl sites for hydroxylation is 2. The van der Waals surface area contributed by atoms with E-state index in [2.05, 4.69) is 33.4 Å². The molecule has 0 saturated heterocycles. The van der Waals surface area contributed by atoms with Crippen LogP contribution in [0.2, 0.25) is 0 Å². The number of nitrogens with zero attached hydrogens (tertiary/aromatic N) is 5. The van der Waals surface area contributed by atoms with E-state index in [-0.39, 0.29) is 5.82 Å². The highest BCUT2D eigenvalue weighted by Crippen LogP contribution is 2.37. The lowest BCUT2D eigenvalue weighted by molar-refractivity contribution is 0.0869. The molecule has 0 spiro atoms. The van der Waals surface area contributed by atoms with Gasteiger partial charge in [-0.1, -0.05) is 0 Å². The first-order chi connectivity index (χ1) is 18.9. The summed E-state index contributed by atoms with van der Waals surface area (Å²) in [5.41, 5.74) is 13.0. The van der Waals surface area contributed by atoms with E-state index in [1.807, 2.05) is 31.3 Å². The fourth-order valence-corrected chi connectivity index (χ4v) is 5.31. The van der Waals surface area contributed by atoms with Gasteiger partial charge in [0, 0.05) is 61.8 Å². The zero-order chi connectivity index (χ0) is 27.5. The minimum absolute atomic E-state index is 0.259. The van der Waals surface area contributed by atoms with Crippen molar-refractivity contribution < 1.29 is 13.9 Å². The summed E-state index contributed by atoms with van der Waals surface area (Å²) in [6.45, 7) is 3.66. The van der Waals surface area contributed by atoms with Crippen molar-refractivity contribution in [1.29, 1.82) is 0 Å². The number of likely N-dealkylation sites (N-methyl/N-ethyl adjacent to an activating group) is 2. The monoisotopic (exact) mass is 532 g/mol. The number of benzene rings is 2. The number of nitrogen functional groups attached to an aromatic ring is 1. The number of hydrogen-bond acceptors (Lipinski definition) is 7. The highest BCUT2D eigenvalue weighted by atomic mass is 19.1. The average Bonchev–Trinajstić information content (AvgIpc) is 3.25. The van der Waals surface area contributed by atoms with Gasteiger partial charge in [0.15, 0.2) is 0 Å². The Morgan fingerprint density at radius 2 is 1.95 bits per heavy atom. The van der Waals surface area contributed by atoms with E-state index >= 15 is 0 Å². The van der Waals surface area contributed by atoms with Gasteiger partial charge >= 0.3 is 0 Å². The predicted octanol–water partition coefficient (Wildman–Crippen LogP) is 4.53. The molecule has 2 N–H and O–H groups in total. The van der Waals surface area contributed by atoms with Crippen molar-refractivity contribution in [3.8, 4) is 17.0 Å². The summed E-state index contributed by atoms with van der Waals surface area (Å²) in [6.07, 6.45) is 4.10. The smallest absolute Gasteiger partial charge is 0.128 e. The van der Waals surface area contributed by atoms with Gasteiger partial charge in [-0.25, -0.2) is 14.4 Å². The molecule has 0 bridgehead atoms. The largest absolute Gasteiger partial charge is 0.496 e. The van der Waals surface area contributed by atoms with Crippen molar-refractivity contribution >= 4 is 22.3 Å². The van der Waals surface area contributed by atoms with Gasteiger partial charge in [-0.05, 0) is 62.8 Å². The SMILES string of the molecule is COc1cc(N(C)CCN(C)C)c(N)cc1CCCc1nccc(-c2c3n(c4ccc(F)cc24)CCOC3)n1. The number of aromatic nitrogens is 3. The van der Waals surface area contributed by atoms with Crippen LogP contribution in [0.1, 0.15) is 23.5 Å². The molecule has 4 aromatic rings. The van der Waals surface area contributed by atoms with Gasteiger partial charge in [0.1, 0.15) is 17.4 Å². The zero-order valence-corrected chi connectivity index (χ0v) is 23.2. The third kappa shape index (κ3) is 5.69. The molecule has 0 atom stereocenters. The van der Waals surface area contributed by atoms with E-state index in [1.54, 1.807) is 19.4 Å². The maximum absolute atomic E-state index is 14.2. The Bertz CT molecular complexity index is 1470. The Kier molecular flexibility index (Phi) is 7.99. The van der Waals surface area contributed by atoms with Gasteiger partial charge in [-0.2, -0.15) is 0 Å². The van der Waals surface area contributed by atoms with E-state index < -0.39 is 0 Å².